The molecule has 4 rings (SSSR count). The zero-order valence-electron chi connectivity index (χ0n) is 16.0. The molecule has 1 aliphatic rings. The summed E-state index contributed by atoms with van der Waals surface area (Å²) in [5.41, 5.74) is 3.72. The van der Waals surface area contributed by atoms with Crippen LogP contribution >= 0.6 is 15.9 Å². The minimum absolute atomic E-state index is 0.107. The lowest BCUT2D eigenvalue weighted by Crippen LogP contribution is -2.54. The molecule has 1 heterocycles. The zero-order valence-corrected chi connectivity index (χ0v) is 17.6. The first-order valence-corrected chi connectivity index (χ1v) is 10.3. The topological polar surface area (TPSA) is 49.4 Å². The Balaban J connectivity index is 1.73. The summed E-state index contributed by atoms with van der Waals surface area (Å²) in [6.07, 6.45) is 0. The molecule has 4 nitrogen and oxygen atoms in total. The van der Waals surface area contributed by atoms with Crippen molar-refractivity contribution in [3.8, 4) is 0 Å². The predicted octanol–water partition coefficient (Wildman–Crippen LogP) is 4.70. The molecule has 1 fully saturated rings. The van der Waals surface area contributed by atoms with Crippen molar-refractivity contribution in [3.05, 3.63) is 106 Å². The number of hydrogen-bond acceptors (Lipinski definition) is 2. The first-order valence-electron chi connectivity index (χ1n) is 9.50. The molecule has 3 aromatic carbocycles. The molecule has 0 spiro atoms. The minimum Gasteiger partial charge on any atom is -0.338 e. The number of carbonyl (C=O) groups is 2. The first-order chi connectivity index (χ1) is 14.0. The Hall–Kier alpha value is -2.92. The van der Waals surface area contributed by atoms with E-state index in [4.69, 9.17) is 0 Å². The van der Waals surface area contributed by atoms with E-state index in [0.717, 1.165) is 26.7 Å². The number of rotatable bonds is 4. The van der Waals surface area contributed by atoms with E-state index in [-0.39, 0.29) is 11.8 Å². The number of halogens is 1. The van der Waals surface area contributed by atoms with E-state index in [9.17, 15) is 9.59 Å². The van der Waals surface area contributed by atoms with Gasteiger partial charge in [-0.3, -0.25) is 9.59 Å². The third kappa shape index (κ3) is 4.10. The van der Waals surface area contributed by atoms with Crippen LogP contribution in [0.4, 0.5) is 0 Å². The van der Waals surface area contributed by atoms with E-state index >= 15 is 0 Å². The largest absolute Gasteiger partial charge is 0.338 e. The summed E-state index contributed by atoms with van der Waals surface area (Å²) in [5, 5.41) is 2.93. The molecule has 3 aromatic rings. The molecule has 0 bridgehead atoms. The summed E-state index contributed by atoms with van der Waals surface area (Å²) >= 11 is 3.43. The molecule has 1 N–H and O–H groups in total. The van der Waals surface area contributed by atoms with Crippen molar-refractivity contribution in [2.75, 3.05) is 0 Å². The summed E-state index contributed by atoms with van der Waals surface area (Å²) in [7, 11) is 0. The number of carbonyl (C=O) groups excluding carboxylic acids is 2. The quantitative estimate of drug-likeness (QED) is 0.628. The molecule has 2 unspecified atom stereocenters. The lowest BCUT2D eigenvalue weighted by molar-refractivity contribution is -0.150. The third-order valence-corrected chi connectivity index (χ3v) is 5.70. The fourth-order valence-corrected chi connectivity index (χ4v) is 3.89. The molecule has 1 aliphatic heterocycles. The monoisotopic (exact) mass is 448 g/mol. The van der Waals surface area contributed by atoms with Crippen molar-refractivity contribution < 1.29 is 9.59 Å². The van der Waals surface area contributed by atoms with Crippen LogP contribution in [0.2, 0.25) is 0 Å². The van der Waals surface area contributed by atoms with E-state index in [1.54, 1.807) is 4.90 Å². The van der Waals surface area contributed by atoms with Gasteiger partial charge in [-0.15, -0.1) is 0 Å². The molecule has 2 atom stereocenters. The molecule has 0 aliphatic carbocycles. The van der Waals surface area contributed by atoms with Crippen molar-refractivity contribution in [2.45, 2.75) is 25.6 Å². The number of hydrogen-bond donors (Lipinski definition) is 1. The molecule has 0 saturated carbocycles. The minimum atomic E-state index is -0.680. The normalized spacial score (nSPS) is 19.2. The van der Waals surface area contributed by atoms with Gasteiger partial charge in [-0.1, -0.05) is 88.2 Å². The van der Waals surface area contributed by atoms with Crippen LogP contribution < -0.4 is 5.32 Å². The van der Waals surface area contributed by atoms with Crippen LogP contribution in [0.15, 0.2) is 83.3 Å². The van der Waals surface area contributed by atoms with Crippen molar-refractivity contribution >= 4 is 27.7 Å². The summed E-state index contributed by atoms with van der Waals surface area (Å²) in [4.78, 5) is 28.3. The molecular weight excluding hydrogens is 428 g/mol. The maximum absolute atomic E-state index is 13.5. The highest BCUT2D eigenvalue weighted by molar-refractivity contribution is 9.10. The maximum Gasteiger partial charge on any atom is 0.251 e. The van der Waals surface area contributed by atoms with Gasteiger partial charge in [-0.25, -0.2) is 0 Å². The van der Waals surface area contributed by atoms with Crippen molar-refractivity contribution in [3.63, 3.8) is 0 Å². The molecule has 2 amide bonds. The van der Waals surface area contributed by atoms with Crippen LogP contribution in [0.1, 0.15) is 34.3 Å². The van der Waals surface area contributed by atoms with Crippen LogP contribution in [0.5, 0.6) is 0 Å². The van der Waals surface area contributed by atoms with Crippen molar-refractivity contribution in [1.29, 1.82) is 0 Å². The van der Waals surface area contributed by atoms with E-state index in [1.807, 2.05) is 85.8 Å². The smallest absolute Gasteiger partial charge is 0.251 e. The van der Waals surface area contributed by atoms with E-state index in [0.29, 0.717) is 6.54 Å². The number of nitrogens with zero attached hydrogens (tertiary/aromatic N) is 1. The molecule has 29 heavy (non-hydrogen) atoms. The van der Waals surface area contributed by atoms with Gasteiger partial charge in [0.05, 0.1) is 0 Å². The summed E-state index contributed by atoms with van der Waals surface area (Å²) in [5.74, 6) is -0.280. The zero-order chi connectivity index (χ0) is 20.4. The van der Waals surface area contributed by atoms with Gasteiger partial charge in [0.25, 0.3) is 5.91 Å². The second-order valence-electron chi connectivity index (χ2n) is 7.26. The highest BCUT2D eigenvalue weighted by atomic mass is 79.9. The summed E-state index contributed by atoms with van der Waals surface area (Å²) in [6.45, 7) is 2.40. The Labute approximate surface area is 178 Å². The van der Waals surface area contributed by atoms with Crippen LogP contribution in [0.3, 0.4) is 0 Å². The molecule has 5 heteroatoms. The molecule has 0 aromatic heterocycles. The first kappa shape index (κ1) is 19.4. The lowest BCUT2D eigenvalue weighted by atomic mass is 9.95. The van der Waals surface area contributed by atoms with Crippen LogP contribution in [-0.2, 0) is 16.1 Å². The van der Waals surface area contributed by atoms with Gasteiger partial charge in [-0.2, -0.15) is 0 Å². The number of benzene rings is 3. The molecule has 146 valence electrons. The number of aryl methyl sites for hydroxylation is 1. The average molecular weight is 449 g/mol. The number of amides is 2. The second kappa shape index (κ2) is 8.21. The lowest BCUT2D eigenvalue weighted by Gasteiger charge is -2.39. The predicted molar refractivity (Wildman–Crippen MR) is 116 cm³/mol. The van der Waals surface area contributed by atoms with E-state index < -0.39 is 12.1 Å². The van der Waals surface area contributed by atoms with Gasteiger partial charge < -0.3 is 10.2 Å². The Kier molecular flexibility index (Phi) is 5.49. The van der Waals surface area contributed by atoms with Crippen molar-refractivity contribution in [2.24, 2.45) is 0 Å². The highest BCUT2D eigenvalue weighted by Crippen LogP contribution is 2.32. The van der Waals surface area contributed by atoms with E-state index in [2.05, 4.69) is 21.2 Å². The maximum atomic E-state index is 13.5. The standard InChI is InChI=1S/C24H21BrN2O2/c1-16-7-9-17(10-8-16)15-27-22(19-11-13-20(25)14-12-19)23(28)26-21(24(27)29)18-5-3-2-4-6-18/h2-14,21-22H,15H2,1H3,(H,26,28). The van der Waals surface area contributed by atoms with Gasteiger partial charge in [0.1, 0.15) is 12.1 Å². The molecule has 0 radical (unpaired) electrons. The molecule has 1 saturated heterocycles. The fourth-order valence-electron chi connectivity index (χ4n) is 3.62. The number of piperazine rings is 1. The molecular formula is C24H21BrN2O2. The van der Waals surface area contributed by atoms with Crippen LogP contribution in [0.25, 0.3) is 0 Å². The Morgan fingerprint density at radius 1 is 0.862 bits per heavy atom. The van der Waals surface area contributed by atoms with E-state index in [1.165, 1.54) is 0 Å². The fraction of sp³-hybridized carbons (Fsp3) is 0.167. The SMILES string of the molecule is Cc1ccc(CN2C(=O)C(c3ccccc3)NC(=O)C2c2ccc(Br)cc2)cc1. The van der Waals surface area contributed by atoms with Gasteiger partial charge >= 0.3 is 0 Å². The average Bonchev–Trinajstić information content (AvgIpc) is 2.74. The third-order valence-electron chi connectivity index (χ3n) is 5.17. The Morgan fingerprint density at radius 2 is 1.52 bits per heavy atom. The highest BCUT2D eigenvalue weighted by Gasteiger charge is 2.41. The van der Waals surface area contributed by atoms with Gasteiger partial charge in [0, 0.05) is 11.0 Å². The van der Waals surface area contributed by atoms with Crippen LogP contribution in [-0.4, -0.2) is 16.7 Å². The summed E-state index contributed by atoms with van der Waals surface area (Å²) < 4.78 is 0.927. The van der Waals surface area contributed by atoms with Crippen LogP contribution in [0, 0.1) is 6.92 Å². The Bertz CT molecular complexity index is 1020. The van der Waals surface area contributed by atoms with Crippen molar-refractivity contribution in [1.82, 2.24) is 10.2 Å². The number of nitrogens with one attached hydrogen (secondary N) is 1. The van der Waals surface area contributed by atoms with Gasteiger partial charge in [0.15, 0.2) is 0 Å². The van der Waals surface area contributed by atoms with Gasteiger partial charge in [-0.05, 0) is 35.7 Å². The van der Waals surface area contributed by atoms with Gasteiger partial charge in [0.2, 0.25) is 5.91 Å². The summed E-state index contributed by atoms with van der Waals surface area (Å²) in [6, 6.07) is 23.6. The second-order valence-corrected chi connectivity index (χ2v) is 8.17. The Morgan fingerprint density at radius 3 is 2.17 bits per heavy atom.